The zero-order valence-electron chi connectivity index (χ0n) is 16.6. The van der Waals surface area contributed by atoms with Crippen LogP contribution < -0.4 is 4.18 Å². The van der Waals surface area contributed by atoms with Crippen molar-refractivity contribution in [1.82, 2.24) is 4.90 Å². The number of benzene rings is 2. The van der Waals surface area contributed by atoms with Gasteiger partial charge in [-0.1, -0.05) is 19.1 Å². The molecule has 2 aromatic carbocycles. The monoisotopic (exact) mass is 401 g/mol. The van der Waals surface area contributed by atoms with E-state index < -0.39 is 10.1 Å². The first-order valence-electron chi connectivity index (χ1n) is 9.71. The van der Waals surface area contributed by atoms with Gasteiger partial charge in [0.2, 0.25) is 0 Å². The molecule has 6 heteroatoms. The zero-order chi connectivity index (χ0) is 20.3. The second-order valence-electron chi connectivity index (χ2n) is 7.53. The molecular formula is C22H27NO4S. The molecule has 0 aliphatic heterocycles. The summed E-state index contributed by atoms with van der Waals surface area (Å²) in [5.74, 6) is 0.806. The molecule has 0 aromatic heterocycles. The highest BCUT2D eigenvalue weighted by Crippen LogP contribution is 2.30. The minimum Gasteiger partial charge on any atom is -0.379 e. The number of hydrogen-bond acceptors (Lipinski definition) is 4. The highest BCUT2D eigenvalue weighted by Gasteiger charge is 2.27. The molecule has 0 saturated heterocycles. The fourth-order valence-corrected chi connectivity index (χ4v) is 4.39. The van der Waals surface area contributed by atoms with Crippen molar-refractivity contribution in [3.05, 3.63) is 59.2 Å². The molecule has 28 heavy (non-hydrogen) atoms. The predicted molar refractivity (Wildman–Crippen MR) is 109 cm³/mol. The molecule has 0 spiro atoms. The molecule has 0 heterocycles. The van der Waals surface area contributed by atoms with Crippen molar-refractivity contribution in [1.29, 1.82) is 0 Å². The summed E-state index contributed by atoms with van der Waals surface area (Å²) in [5, 5.41) is 0. The predicted octanol–water partition coefficient (Wildman–Crippen LogP) is 4.33. The average molecular weight is 402 g/mol. The number of carbonyl (C=O) groups is 1. The van der Waals surface area contributed by atoms with Gasteiger partial charge in [0.05, 0.1) is 0 Å². The van der Waals surface area contributed by atoms with Crippen LogP contribution in [0.4, 0.5) is 0 Å². The Hall–Kier alpha value is -2.34. The molecule has 0 bridgehead atoms. The maximum Gasteiger partial charge on any atom is 0.339 e. The van der Waals surface area contributed by atoms with E-state index in [0.717, 1.165) is 25.1 Å². The molecule has 1 aliphatic rings. The first kappa shape index (κ1) is 20.4. The second kappa shape index (κ2) is 8.35. The average Bonchev–Trinajstić information content (AvgIpc) is 3.47. The number of nitrogens with zero attached hydrogens (tertiary/aromatic N) is 1. The van der Waals surface area contributed by atoms with Gasteiger partial charge in [-0.25, -0.2) is 0 Å². The quantitative estimate of drug-likeness (QED) is 0.618. The fourth-order valence-electron chi connectivity index (χ4n) is 3.14. The van der Waals surface area contributed by atoms with Crippen LogP contribution in [0.5, 0.6) is 5.75 Å². The lowest BCUT2D eigenvalue weighted by Crippen LogP contribution is -2.33. The Morgan fingerprint density at radius 3 is 2.39 bits per heavy atom. The van der Waals surface area contributed by atoms with E-state index in [-0.39, 0.29) is 16.6 Å². The van der Waals surface area contributed by atoms with Gasteiger partial charge in [0, 0.05) is 18.7 Å². The van der Waals surface area contributed by atoms with Crippen LogP contribution in [0.25, 0.3) is 0 Å². The second-order valence-corrected chi connectivity index (χ2v) is 9.04. The van der Waals surface area contributed by atoms with Crippen molar-refractivity contribution >= 4 is 16.0 Å². The highest BCUT2D eigenvalue weighted by molar-refractivity contribution is 7.87. The summed E-state index contributed by atoms with van der Waals surface area (Å²) in [7, 11) is -3.93. The van der Waals surface area contributed by atoms with E-state index in [0.29, 0.717) is 17.0 Å². The lowest BCUT2D eigenvalue weighted by Gasteiger charge is -2.22. The van der Waals surface area contributed by atoms with E-state index >= 15 is 0 Å². The molecular weight excluding hydrogens is 374 g/mol. The molecule has 0 unspecified atom stereocenters. The van der Waals surface area contributed by atoms with Crippen molar-refractivity contribution in [2.24, 2.45) is 5.92 Å². The van der Waals surface area contributed by atoms with E-state index in [1.165, 1.54) is 25.0 Å². The number of rotatable bonds is 8. The maximum atomic E-state index is 12.8. The summed E-state index contributed by atoms with van der Waals surface area (Å²) in [5.41, 5.74) is 2.03. The molecule has 3 rings (SSSR count). The van der Waals surface area contributed by atoms with E-state index in [4.69, 9.17) is 4.18 Å². The summed E-state index contributed by atoms with van der Waals surface area (Å²) < 4.78 is 30.5. The van der Waals surface area contributed by atoms with Gasteiger partial charge < -0.3 is 9.08 Å². The fraction of sp³-hybridized carbons (Fsp3) is 0.409. The lowest BCUT2D eigenvalue weighted by molar-refractivity contribution is 0.0747. The van der Waals surface area contributed by atoms with Gasteiger partial charge in [0.25, 0.3) is 5.91 Å². The van der Waals surface area contributed by atoms with Gasteiger partial charge in [0.1, 0.15) is 10.6 Å². The summed E-state index contributed by atoms with van der Waals surface area (Å²) in [6.45, 7) is 7.16. The SMILES string of the molecule is CCCN(CC1CC1)C(=O)c1ccc(OS(=O)(=O)c2cc(C)ccc2C)cc1. The number of hydrogen-bond donors (Lipinski definition) is 0. The highest BCUT2D eigenvalue weighted by atomic mass is 32.2. The van der Waals surface area contributed by atoms with Crippen LogP contribution in [-0.4, -0.2) is 32.3 Å². The Morgan fingerprint density at radius 2 is 1.79 bits per heavy atom. The summed E-state index contributed by atoms with van der Waals surface area (Å²) in [4.78, 5) is 14.8. The van der Waals surface area contributed by atoms with Gasteiger partial charge in [-0.3, -0.25) is 4.79 Å². The first-order valence-corrected chi connectivity index (χ1v) is 11.1. The number of carbonyl (C=O) groups excluding carboxylic acids is 1. The molecule has 1 saturated carbocycles. The maximum absolute atomic E-state index is 12.8. The molecule has 0 atom stereocenters. The zero-order valence-corrected chi connectivity index (χ0v) is 17.5. The first-order chi connectivity index (χ1) is 13.3. The Balaban J connectivity index is 1.74. The van der Waals surface area contributed by atoms with Crippen LogP contribution in [0.2, 0.25) is 0 Å². The number of aryl methyl sites for hydroxylation is 2. The standard InChI is InChI=1S/C22H27NO4S/c1-4-13-23(15-18-7-8-18)22(24)19-9-11-20(12-10-19)27-28(25,26)21-14-16(2)5-6-17(21)3/h5-6,9-12,14,18H,4,7-8,13,15H2,1-3H3. The van der Waals surface area contributed by atoms with Crippen molar-refractivity contribution in [2.75, 3.05) is 13.1 Å². The van der Waals surface area contributed by atoms with Gasteiger partial charge in [0.15, 0.2) is 0 Å². The minimum absolute atomic E-state index is 0.0160. The third kappa shape index (κ3) is 4.93. The molecule has 2 aromatic rings. The summed E-state index contributed by atoms with van der Waals surface area (Å²) >= 11 is 0. The summed E-state index contributed by atoms with van der Waals surface area (Å²) in [6.07, 6.45) is 3.29. The number of amides is 1. The van der Waals surface area contributed by atoms with Crippen LogP contribution in [0.3, 0.4) is 0 Å². The molecule has 1 amide bonds. The third-order valence-electron chi connectivity index (χ3n) is 4.88. The minimum atomic E-state index is -3.93. The van der Waals surface area contributed by atoms with Crippen LogP contribution in [0.15, 0.2) is 47.4 Å². The Labute approximate surface area is 167 Å². The Bertz CT molecular complexity index is 947. The molecule has 1 aliphatic carbocycles. The third-order valence-corrected chi connectivity index (χ3v) is 6.27. The van der Waals surface area contributed by atoms with Gasteiger partial charge >= 0.3 is 10.1 Å². The molecule has 0 radical (unpaired) electrons. The molecule has 5 nitrogen and oxygen atoms in total. The summed E-state index contributed by atoms with van der Waals surface area (Å²) in [6, 6.07) is 11.6. The van der Waals surface area contributed by atoms with Crippen molar-refractivity contribution in [3.8, 4) is 5.75 Å². The largest absolute Gasteiger partial charge is 0.379 e. The van der Waals surface area contributed by atoms with E-state index in [1.54, 1.807) is 31.2 Å². The van der Waals surface area contributed by atoms with Crippen LogP contribution in [0.1, 0.15) is 47.7 Å². The van der Waals surface area contributed by atoms with Gasteiger partial charge in [-0.15, -0.1) is 0 Å². The Kier molecular flexibility index (Phi) is 6.08. The molecule has 1 fully saturated rings. The van der Waals surface area contributed by atoms with E-state index in [2.05, 4.69) is 6.92 Å². The van der Waals surface area contributed by atoms with Crippen molar-refractivity contribution in [2.45, 2.75) is 44.9 Å². The van der Waals surface area contributed by atoms with Crippen molar-refractivity contribution < 1.29 is 17.4 Å². The van der Waals surface area contributed by atoms with Crippen LogP contribution >= 0.6 is 0 Å². The van der Waals surface area contributed by atoms with Crippen LogP contribution in [-0.2, 0) is 10.1 Å². The van der Waals surface area contributed by atoms with Crippen molar-refractivity contribution in [3.63, 3.8) is 0 Å². The lowest BCUT2D eigenvalue weighted by atomic mass is 10.1. The Morgan fingerprint density at radius 1 is 1.11 bits per heavy atom. The molecule has 150 valence electrons. The van der Waals surface area contributed by atoms with E-state index in [9.17, 15) is 13.2 Å². The van der Waals surface area contributed by atoms with Gasteiger partial charge in [-0.05, 0) is 80.5 Å². The van der Waals surface area contributed by atoms with E-state index in [1.807, 2.05) is 17.9 Å². The van der Waals surface area contributed by atoms with Crippen LogP contribution in [0, 0.1) is 19.8 Å². The molecule has 0 N–H and O–H groups in total. The van der Waals surface area contributed by atoms with Gasteiger partial charge in [-0.2, -0.15) is 8.42 Å². The smallest absolute Gasteiger partial charge is 0.339 e. The topological polar surface area (TPSA) is 63.7 Å². The normalized spacial score (nSPS) is 14.0.